The Kier molecular flexibility index (Phi) is 3.62. The van der Waals surface area contributed by atoms with Crippen LogP contribution in [0.4, 0.5) is 0 Å². The number of rotatable bonds is 4. The number of hydrogen-bond donors (Lipinski definition) is 1. The van der Waals surface area contributed by atoms with E-state index in [1.165, 1.54) is 25.0 Å². The van der Waals surface area contributed by atoms with Crippen LogP contribution >= 0.6 is 11.3 Å². The van der Waals surface area contributed by atoms with Gasteiger partial charge in [0.2, 0.25) is 0 Å². The monoisotopic (exact) mass is 239 g/mol. The Bertz CT molecular complexity index is 325. The minimum absolute atomic E-state index is 0.198. The number of likely N-dealkylation sites (N-methyl/N-ethyl adjacent to an activating group) is 1. The fourth-order valence-electron chi connectivity index (χ4n) is 2.97. The predicted molar refractivity (Wildman–Crippen MR) is 68.4 cm³/mol. The Hall–Kier alpha value is -0.450. The van der Waals surface area contributed by atoms with E-state index in [1.807, 2.05) is 5.51 Å². The highest BCUT2D eigenvalue weighted by Crippen LogP contribution is 2.39. The molecule has 2 N–H and O–H groups in total. The molecule has 3 nitrogen and oxygen atoms in total. The van der Waals surface area contributed by atoms with Crippen LogP contribution in [0, 0.1) is 5.92 Å². The molecule has 1 heterocycles. The Morgan fingerprint density at radius 2 is 2.50 bits per heavy atom. The van der Waals surface area contributed by atoms with Crippen LogP contribution in [0.25, 0.3) is 0 Å². The molecule has 2 rings (SSSR count). The lowest BCUT2D eigenvalue weighted by molar-refractivity contribution is 0.0831. The molecular formula is C12H21N3S. The molecule has 16 heavy (non-hydrogen) atoms. The third-order valence-electron chi connectivity index (χ3n) is 4.16. The first-order valence-electron chi connectivity index (χ1n) is 5.97. The summed E-state index contributed by atoms with van der Waals surface area (Å²) in [6.45, 7) is 4.01. The van der Waals surface area contributed by atoms with Crippen LogP contribution < -0.4 is 5.73 Å². The zero-order chi connectivity index (χ0) is 11.6. The molecule has 1 aliphatic rings. The lowest BCUT2D eigenvalue weighted by Gasteiger charge is -2.41. The number of hydrogen-bond acceptors (Lipinski definition) is 4. The quantitative estimate of drug-likeness (QED) is 0.875. The van der Waals surface area contributed by atoms with Crippen molar-refractivity contribution in [2.45, 2.75) is 38.3 Å². The van der Waals surface area contributed by atoms with Crippen molar-refractivity contribution in [3.63, 3.8) is 0 Å². The van der Waals surface area contributed by atoms with Gasteiger partial charge >= 0.3 is 0 Å². The molecule has 4 heteroatoms. The first-order chi connectivity index (χ1) is 7.69. The van der Waals surface area contributed by atoms with Gasteiger partial charge in [-0.2, -0.15) is 0 Å². The third-order valence-corrected chi connectivity index (χ3v) is 4.80. The molecule has 1 fully saturated rings. The summed E-state index contributed by atoms with van der Waals surface area (Å²) in [6, 6.07) is 0. The summed E-state index contributed by atoms with van der Waals surface area (Å²) in [7, 11) is 2.19. The molecule has 0 aliphatic heterocycles. The van der Waals surface area contributed by atoms with Crippen molar-refractivity contribution in [3.8, 4) is 0 Å². The lowest BCUT2D eigenvalue weighted by Crippen LogP contribution is -2.53. The Morgan fingerprint density at radius 3 is 3.00 bits per heavy atom. The first kappa shape index (κ1) is 12.0. The van der Waals surface area contributed by atoms with Gasteiger partial charge in [0.25, 0.3) is 0 Å². The fraction of sp³-hybridized carbons (Fsp3) is 0.750. The zero-order valence-electron chi connectivity index (χ0n) is 10.1. The highest BCUT2D eigenvalue weighted by molar-refractivity contribution is 7.07. The molecule has 90 valence electrons. The molecule has 2 unspecified atom stereocenters. The van der Waals surface area contributed by atoms with Crippen LogP contribution in [-0.4, -0.2) is 29.0 Å². The standard InChI is InChI=1S/C12H21N3S/c1-10-4-3-5-12(10,8-13)15(2)6-11-7-16-9-14-11/h7,9-10H,3-6,8,13H2,1-2H3. The van der Waals surface area contributed by atoms with Gasteiger partial charge < -0.3 is 5.73 Å². The van der Waals surface area contributed by atoms with E-state index in [0.717, 1.165) is 13.1 Å². The van der Waals surface area contributed by atoms with Crippen molar-refractivity contribution in [2.24, 2.45) is 11.7 Å². The number of thiazole rings is 1. The topological polar surface area (TPSA) is 42.1 Å². The summed E-state index contributed by atoms with van der Waals surface area (Å²) in [4.78, 5) is 6.77. The van der Waals surface area contributed by atoms with Gasteiger partial charge in [-0.25, -0.2) is 4.98 Å². The molecule has 1 saturated carbocycles. The second-order valence-electron chi connectivity index (χ2n) is 4.94. The number of nitrogens with zero attached hydrogens (tertiary/aromatic N) is 2. The van der Waals surface area contributed by atoms with E-state index >= 15 is 0 Å². The van der Waals surface area contributed by atoms with Gasteiger partial charge in [-0.3, -0.25) is 4.90 Å². The molecule has 1 aliphatic carbocycles. The van der Waals surface area contributed by atoms with Crippen LogP contribution in [0.1, 0.15) is 31.9 Å². The Morgan fingerprint density at radius 1 is 1.69 bits per heavy atom. The van der Waals surface area contributed by atoms with E-state index < -0.39 is 0 Å². The summed E-state index contributed by atoms with van der Waals surface area (Å²) < 4.78 is 0. The fourth-order valence-corrected chi connectivity index (χ4v) is 3.52. The van der Waals surface area contributed by atoms with Crippen molar-refractivity contribution >= 4 is 11.3 Å². The molecular weight excluding hydrogens is 218 g/mol. The van der Waals surface area contributed by atoms with Crippen LogP contribution in [0.15, 0.2) is 10.9 Å². The normalized spacial score (nSPS) is 30.1. The van der Waals surface area contributed by atoms with Crippen molar-refractivity contribution in [1.29, 1.82) is 0 Å². The molecule has 0 saturated heterocycles. The lowest BCUT2D eigenvalue weighted by atomic mass is 9.86. The second kappa shape index (κ2) is 4.82. The van der Waals surface area contributed by atoms with Gasteiger partial charge in [0.15, 0.2) is 0 Å². The zero-order valence-corrected chi connectivity index (χ0v) is 11.0. The molecule has 0 radical (unpaired) electrons. The summed E-state index contributed by atoms with van der Waals surface area (Å²) in [5, 5.41) is 2.13. The SMILES string of the molecule is CC1CCCC1(CN)N(C)Cc1cscn1. The number of nitrogens with two attached hydrogens (primary N) is 1. The summed E-state index contributed by atoms with van der Waals surface area (Å²) in [5.41, 5.74) is 9.29. The Balaban J connectivity index is 2.09. The van der Waals surface area contributed by atoms with Crippen LogP contribution in [0.3, 0.4) is 0 Å². The van der Waals surface area contributed by atoms with E-state index in [4.69, 9.17) is 5.73 Å². The van der Waals surface area contributed by atoms with Crippen LogP contribution in [0.5, 0.6) is 0 Å². The molecule has 0 amide bonds. The van der Waals surface area contributed by atoms with Gasteiger partial charge in [-0.1, -0.05) is 13.3 Å². The van der Waals surface area contributed by atoms with Gasteiger partial charge in [0, 0.05) is 24.0 Å². The smallest absolute Gasteiger partial charge is 0.0795 e. The van der Waals surface area contributed by atoms with Crippen LogP contribution in [0.2, 0.25) is 0 Å². The molecule has 1 aromatic rings. The second-order valence-corrected chi connectivity index (χ2v) is 5.66. The highest BCUT2D eigenvalue weighted by Gasteiger charge is 2.42. The minimum atomic E-state index is 0.198. The van der Waals surface area contributed by atoms with E-state index in [2.05, 4.69) is 29.2 Å². The van der Waals surface area contributed by atoms with Crippen LogP contribution in [-0.2, 0) is 6.54 Å². The van der Waals surface area contributed by atoms with E-state index in [-0.39, 0.29) is 5.54 Å². The minimum Gasteiger partial charge on any atom is -0.329 e. The first-order valence-corrected chi connectivity index (χ1v) is 6.91. The van der Waals surface area contributed by atoms with E-state index in [0.29, 0.717) is 5.92 Å². The van der Waals surface area contributed by atoms with Crippen molar-refractivity contribution < 1.29 is 0 Å². The summed E-state index contributed by atoms with van der Waals surface area (Å²) in [5.74, 6) is 0.695. The highest BCUT2D eigenvalue weighted by atomic mass is 32.1. The van der Waals surface area contributed by atoms with Gasteiger partial charge in [0.05, 0.1) is 11.2 Å². The van der Waals surface area contributed by atoms with E-state index in [1.54, 1.807) is 11.3 Å². The van der Waals surface area contributed by atoms with Crippen molar-refractivity contribution in [2.75, 3.05) is 13.6 Å². The molecule has 0 spiro atoms. The average molecular weight is 239 g/mol. The third kappa shape index (κ3) is 2.01. The molecule has 0 bridgehead atoms. The van der Waals surface area contributed by atoms with Crippen molar-refractivity contribution in [1.82, 2.24) is 9.88 Å². The molecule has 2 atom stereocenters. The van der Waals surface area contributed by atoms with E-state index in [9.17, 15) is 0 Å². The summed E-state index contributed by atoms with van der Waals surface area (Å²) >= 11 is 1.66. The van der Waals surface area contributed by atoms with Crippen molar-refractivity contribution in [3.05, 3.63) is 16.6 Å². The maximum Gasteiger partial charge on any atom is 0.0795 e. The molecule has 1 aromatic heterocycles. The average Bonchev–Trinajstić information content (AvgIpc) is 2.88. The predicted octanol–water partition coefficient (Wildman–Crippen LogP) is 2.09. The largest absolute Gasteiger partial charge is 0.329 e. The maximum absolute atomic E-state index is 6.03. The maximum atomic E-state index is 6.03. The molecule has 0 aromatic carbocycles. The summed E-state index contributed by atoms with van der Waals surface area (Å²) in [6.07, 6.45) is 3.84. The van der Waals surface area contributed by atoms with Gasteiger partial charge in [-0.15, -0.1) is 11.3 Å². The Labute approximate surface area is 102 Å². The van der Waals surface area contributed by atoms with Gasteiger partial charge in [-0.05, 0) is 25.8 Å². The number of aromatic nitrogens is 1. The van der Waals surface area contributed by atoms with Gasteiger partial charge in [0.1, 0.15) is 0 Å².